The summed E-state index contributed by atoms with van der Waals surface area (Å²) in [6.45, 7) is 2.80. The Bertz CT molecular complexity index is 1010. The van der Waals surface area contributed by atoms with Crippen LogP contribution in [0.1, 0.15) is 18.7 Å². The van der Waals surface area contributed by atoms with Gasteiger partial charge in [-0.05, 0) is 31.9 Å². The number of sulfonamides is 1. The van der Waals surface area contributed by atoms with E-state index >= 15 is 0 Å². The molecule has 31 heavy (non-hydrogen) atoms. The van der Waals surface area contributed by atoms with Crippen LogP contribution in [0, 0.1) is 12.8 Å². The van der Waals surface area contributed by atoms with Gasteiger partial charge in [0.2, 0.25) is 21.1 Å². The SMILES string of the molecule is COc1ccc(S(=O)(=O)N2CCC[C@@H](C(=O)NCCSc3n[nH]c(C)n3)C2)cc1OC. The number of H-pyrrole nitrogens is 1. The summed E-state index contributed by atoms with van der Waals surface area (Å²) in [6.07, 6.45) is 1.27. The van der Waals surface area contributed by atoms with Crippen molar-refractivity contribution in [3.05, 3.63) is 24.0 Å². The third-order valence-electron chi connectivity index (χ3n) is 4.96. The molecule has 0 radical (unpaired) electrons. The molecule has 10 nitrogen and oxygen atoms in total. The number of nitrogens with one attached hydrogen (secondary N) is 2. The van der Waals surface area contributed by atoms with Crippen LogP contribution in [0.4, 0.5) is 0 Å². The first-order chi connectivity index (χ1) is 14.8. The van der Waals surface area contributed by atoms with Crippen molar-refractivity contribution in [3.63, 3.8) is 0 Å². The smallest absolute Gasteiger partial charge is 0.243 e. The number of aromatic amines is 1. The van der Waals surface area contributed by atoms with Crippen molar-refractivity contribution in [1.29, 1.82) is 0 Å². The van der Waals surface area contributed by atoms with Gasteiger partial charge in [0.1, 0.15) is 5.82 Å². The summed E-state index contributed by atoms with van der Waals surface area (Å²) in [5, 5.41) is 10.3. The van der Waals surface area contributed by atoms with E-state index in [0.29, 0.717) is 48.3 Å². The molecule has 1 aliphatic rings. The molecule has 1 aliphatic heterocycles. The van der Waals surface area contributed by atoms with Crippen LogP contribution in [0.3, 0.4) is 0 Å². The number of nitrogens with zero attached hydrogens (tertiary/aromatic N) is 3. The van der Waals surface area contributed by atoms with Gasteiger partial charge >= 0.3 is 0 Å². The van der Waals surface area contributed by atoms with E-state index in [4.69, 9.17) is 9.47 Å². The molecule has 170 valence electrons. The van der Waals surface area contributed by atoms with Crippen LogP contribution >= 0.6 is 11.8 Å². The van der Waals surface area contributed by atoms with Gasteiger partial charge in [0.15, 0.2) is 11.5 Å². The Hall–Kier alpha value is -2.31. The zero-order valence-electron chi connectivity index (χ0n) is 17.8. The summed E-state index contributed by atoms with van der Waals surface area (Å²) in [5.41, 5.74) is 0. The van der Waals surface area contributed by atoms with Gasteiger partial charge in [-0.3, -0.25) is 9.89 Å². The number of thioether (sulfide) groups is 1. The molecule has 1 aromatic carbocycles. The van der Waals surface area contributed by atoms with E-state index in [0.717, 1.165) is 5.82 Å². The normalized spacial score (nSPS) is 17.3. The molecule has 0 bridgehead atoms. The molecule has 0 unspecified atom stereocenters. The third kappa shape index (κ3) is 5.69. The summed E-state index contributed by atoms with van der Waals surface area (Å²) in [6, 6.07) is 4.50. The Labute approximate surface area is 186 Å². The van der Waals surface area contributed by atoms with Crippen molar-refractivity contribution in [3.8, 4) is 11.5 Å². The maximum Gasteiger partial charge on any atom is 0.243 e. The number of rotatable bonds is 9. The fourth-order valence-electron chi connectivity index (χ4n) is 3.35. The van der Waals surface area contributed by atoms with Crippen LogP contribution in [0.15, 0.2) is 28.3 Å². The number of ether oxygens (including phenoxy) is 2. The van der Waals surface area contributed by atoms with E-state index < -0.39 is 10.0 Å². The van der Waals surface area contributed by atoms with Crippen molar-refractivity contribution in [2.45, 2.75) is 29.8 Å². The highest BCUT2D eigenvalue weighted by molar-refractivity contribution is 7.99. The average Bonchev–Trinajstić information content (AvgIpc) is 3.21. The molecule has 0 spiro atoms. The molecule has 0 aliphatic carbocycles. The molecule has 1 atom stereocenters. The lowest BCUT2D eigenvalue weighted by atomic mass is 9.99. The van der Waals surface area contributed by atoms with Crippen molar-refractivity contribution < 1.29 is 22.7 Å². The van der Waals surface area contributed by atoms with E-state index in [9.17, 15) is 13.2 Å². The first-order valence-electron chi connectivity index (χ1n) is 9.87. The number of amides is 1. The molecule has 0 saturated carbocycles. The zero-order chi connectivity index (χ0) is 22.4. The highest BCUT2D eigenvalue weighted by atomic mass is 32.2. The van der Waals surface area contributed by atoms with Crippen LogP contribution in [-0.4, -0.2) is 73.4 Å². The van der Waals surface area contributed by atoms with E-state index in [-0.39, 0.29) is 23.3 Å². The number of aromatic nitrogens is 3. The molecule has 2 heterocycles. The second kappa shape index (κ2) is 10.3. The Kier molecular flexibility index (Phi) is 7.79. The Morgan fingerprint density at radius 2 is 2.10 bits per heavy atom. The maximum atomic E-state index is 13.1. The Balaban J connectivity index is 1.58. The minimum Gasteiger partial charge on any atom is -0.493 e. The van der Waals surface area contributed by atoms with Crippen molar-refractivity contribution in [2.75, 3.05) is 39.6 Å². The lowest BCUT2D eigenvalue weighted by Crippen LogP contribution is -2.45. The molecule has 2 N–H and O–H groups in total. The molecule has 2 aromatic rings. The van der Waals surface area contributed by atoms with E-state index in [1.54, 1.807) is 6.07 Å². The van der Waals surface area contributed by atoms with Gasteiger partial charge in [0.05, 0.1) is 25.0 Å². The molecule has 12 heteroatoms. The van der Waals surface area contributed by atoms with Crippen LogP contribution in [0.5, 0.6) is 11.5 Å². The number of aryl methyl sites for hydroxylation is 1. The number of carbonyl (C=O) groups is 1. The molecular weight excluding hydrogens is 442 g/mol. The Morgan fingerprint density at radius 3 is 2.77 bits per heavy atom. The predicted molar refractivity (Wildman–Crippen MR) is 116 cm³/mol. The van der Waals surface area contributed by atoms with E-state index in [1.807, 2.05) is 6.92 Å². The third-order valence-corrected chi connectivity index (χ3v) is 7.67. The van der Waals surface area contributed by atoms with Gasteiger partial charge in [0.25, 0.3) is 0 Å². The van der Waals surface area contributed by atoms with Gasteiger partial charge in [-0.15, -0.1) is 5.10 Å². The number of hydrogen-bond acceptors (Lipinski definition) is 8. The van der Waals surface area contributed by atoms with E-state index in [1.165, 1.54) is 42.4 Å². The number of piperidine rings is 1. The second-order valence-corrected chi connectivity index (χ2v) is 10.1. The second-order valence-electron chi connectivity index (χ2n) is 7.06. The quantitative estimate of drug-likeness (QED) is 0.417. The fraction of sp³-hybridized carbons (Fsp3) is 0.526. The number of benzene rings is 1. The first-order valence-corrected chi connectivity index (χ1v) is 12.3. The monoisotopic (exact) mass is 469 g/mol. The molecule has 3 rings (SSSR count). The van der Waals surface area contributed by atoms with Gasteiger partial charge in [-0.2, -0.15) is 4.31 Å². The van der Waals surface area contributed by atoms with Crippen LogP contribution in [0.25, 0.3) is 0 Å². The summed E-state index contributed by atoms with van der Waals surface area (Å²) >= 11 is 1.44. The average molecular weight is 470 g/mol. The minimum atomic E-state index is -3.75. The molecule has 1 fully saturated rings. The summed E-state index contributed by atoms with van der Waals surface area (Å²) in [5.74, 6) is 1.64. The first kappa shape index (κ1) is 23.4. The molecule has 1 saturated heterocycles. The topological polar surface area (TPSA) is 127 Å². The highest BCUT2D eigenvalue weighted by Gasteiger charge is 2.33. The van der Waals surface area contributed by atoms with Crippen LogP contribution in [-0.2, 0) is 14.8 Å². The largest absolute Gasteiger partial charge is 0.493 e. The predicted octanol–water partition coefficient (Wildman–Crippen LogP) is 1.44. The van der Waals surface area contributed by atoms with Gasteiger partial charge in [-0.1, -0.05) is 11.8 Å². The summed E-state index contributed by atoms with van der Waals surface area (Å²) < 4.78 is 38.0. The molecule has 1 aromatic heterocycles. The maximum absolute atomic E-state index is 13.1. The summed E-state index contributed by atoms with van der Waals surface area (Å²) in [4.78, 5) is 16.9. The minimum absolute atomic E-state index is 0.115. The van der Waals surface area contributed by atoms with Gasteiger partial charge < -0.3 is 14.8 Å². The van der Waals surface area contributed by atoms with Crippen molar-refractivity contribution >= 4 is 27.7 Å². The number of hydrogen-bond donors (Lipinski definition) is 2. The number of methoxy groups -OCH3 is 2. The molecular formula is C19H27N5O5S2. The molecule has 1 amide bonds. The van der Waals surface area contributed by atoms with Crippen molar-refractivity contribution in [2.24, 2.45) is 5.92 Å². The zero-order valence-corrected chi connectivity index (χ0v) is 19.4. The highest BCUT2D eigenvalue weighted by Crippen LogP contribution is 2.32. The van der Waals surface area contributed by atoms with Crippen LogP contribution in [0.2, 0.25) is 0 Å². The Morgan fingerprint density at radius 1 is 1.32 bits per heavy atom. The van der Waals surface area contributed by atoms with E-state index in [2.05, 4.69) is 20.5 Å². The standard InChI is InChI=1S/C19H27N5O5S2/c1-13-21-19(23-22-13)30-10-8-20-18(25)14-5-4-9-24(12-14)31(26,27)15-6-7-16(28-2)17(11-15)29-3/h6-7,11,14H,4-5,8-10,12H2,1-3H3,(H,20,25)(H,21,22,23)/t14-/m1/s1. The lowest BCUT2D eigenvalue weighted by molar-refractivity contribution is -0.125. The van der Waals surface area contributed by atoms with Crippen LogP contribution < -0.4 is 14.8 Å². The lowest BCUT2D eigenvalue weighted by Gasteiger charge is -2.31. The number of carbonyl (C=O) groups excluding carboxylic acids is 1. The van der Waals surface area contributed by atoms with Crippen molar-refractivity contribution in [1.82, 2.24) is 24.8 Å². The fourth-order valence-corrected chi connectivity index (χ4v) is 5.59. The summed E-state index contributed by atoms with van der Waals surface area (Å²) in [7, 11) is -0.805. The van der Waals surface area contributed by atoms with Gasteiger partial charge in [-0.25, -0.2) is 13.4 Å². The van der Waals surface area contributed by atoms with Gasteiger partial charge in [0, 0.05) is 31.5 Å².